The second-order valence-electron chi connectivity index (χ2n) is 3.27. The van der Waals surface area contributed by atoms with Crippen LogP contribution >= 0.6 is 0 Å². The topological polar surface area (TPSA) is 97.7 Å². The average Bonchev–Trinajstić information content (AvgIpc) is 2.15. The highest BCUT2D eigenvalue weighted by molar-refractivity contribution is 7.90. The van der Waals surface area contributed by atoms with Gasteiger partial charge in [0.15, 0.2) is 9.84 Å². The molecule has 0 fully saturated rings. The molecule has 0 saturated heterocycles. The van der Waals surface area contributed by atoms with Crippen molar-refractivity contribution in [2.75, 3.05) is 6.26 Å². The van der Waals surface area contributed by atoms with E-state index in [1.807, 2.05) is 0 Å². The van der Waals surface area contributed by atoms with Gasteiger partial charge in [0.1, 0.15) is 0 Å². The summed E-state index contributed by atoms with van der Waals surface area (Å²) in [7, 11) is -3.27. The van der Waals surface area contributed by atoms with E-state index < -0.39 is 27.2 Å². The molecule has 1 rings (SSSR count). The fourth-order valence-corrected chi connectivity index (χ4v) is 1.98. The van der Waals surface area contributed by atoms with Gasteiger partial charge < -0.3 is 4.18 Å². The number of hydrogen-bond acceptors (Lipinski definition) is 5. The van der Waals surface area contributed by atoms with Crippen LogP contribution in [0.25, 0.3) is 0 Å². The smallest absolute Gasteiger partial charge is 0.343 e. The summed E-state index contributed by atoms with van der Waals surface area (Å²) in [5, 5.41) is 0. The van der Waals surface area contributed by atoms with Crippen molar-refractivity contribution in [1.82, 2.24) is 0 Å². The van der Waals surface area contributed by atoms with Crippen molar-refractivity contribution in [2.24, 2.45) is 0 Å². The van der Waals surface area contributed by atoms with Crippen LogP contribution in [0.3, 0.4) is 0 Å². The molecule has 0 spiro atoms. The van der Waals surface area contributed by atoms with Gasteiger partial charge in [-0.2, -0.15) is 4.21 Å². The van der Waals surface area contributed by atoms with Crippen molar-refractivity contribution in [3.63, 3.8) is 0 Å². The highest BCUT2D eigenvalue weighted by atomic mass is 32.2. The molecule has 0 radical (unpaired) electrons. The van der Waals surface area contributed by atoms with Gasteiger partial charge in [0, 0.05) is 6.26 Å². The van der Waals surface area contributed by atoms with Gasteiger partial charge in [0.05, 0.1) is 11.3 Å². The van der Waals surface area contributed by atoms with E-state index in [4.69, 9.17) is 4.55 Å². The summed E-state index contributed by atoms with van der Waals surface area (Å²) in [6.45, 7) is 0. The molecule has 1 atom stereocenters. The second-order valence-corrected chi connectivity index (χ2v) is 5.88. The second kappa shape index (κ2) is 5.39. The molecule has 1 unspecified atom stereocenters. The van der Waals surface area contributed by atoms with E-state index in [2.05, 4.69) is 4.18 Å². The molecular weight excluding hydrogens is 268 g/mol. The lowest BCUT2D eigenvalue weighted by molar-refractivity contribution is -0.133. The number of benzene rings is 1. The Balaban J connectivity index is 2.76. The van der Waals surface area contributed by atoms with Gasteiger partial charge in [-0.25, -0.2) is 8.42 Å². The summed E-state index contributed by atoms with van der Waals surface area (Å²) in [5.74, 6) is -0.863. The Bertz CT molecular complexity index is 531. The van der Waals surface area contributed by atoms with E-state index in [9.17, 15) is 17.4 Å². The quantitative estimate of drug-likeness (QED) is 0.796. The van der Waals surface area contributed by atoms with Gasteiger partial charge in [-0.05, 0) is 17.7 Å². The summed E-state index contributed by atoms with van der Waals surface area (Å²) >= 11 is -2.63. The maximum absolute atomic E-state index is 11.1. The minimum Gasteiger partial charge on any atom is -0.343 e. The average molecular weight is 278 g/mol. The molecule has 1 aromatic carbocycles. The lowest BCUT2D eigenvalue weighted by Gasteiger charge is -2.01. The minimum absolute atomic E-state index is 0.139. The number of carbonyl (C=O) groups is 1. The predicted molar refractivity (Wildman–Crippen MR) is 60.1 cm³/mol. The standard InChI is InChI=1S/C9H10O6S2/c1-17(13,14)8-4-2-7(3-5-8)6-9(10)15-16(11)12/h2-5H,6H2,1H3,(H,11,12). The summed E-state index contributed by atoms with van der Waals surface area (Å²) in [6, 6.07) is 5.59. The van der Waals surface area contributed by atoms with Crippen molar-refractivity contribution in [1.29, 1.82) is 0 Å². The van der Waals surface area contributed by atoms with Crippen LogP contribution in [0, 0.1) is 0 Å². The van der Waals surface area contributed by atoms with Crippen LogP contribution in [-0.2, 0) is 36.6 Å². The van der Waals surface area contributed by atoms with Crippen LogP contribution in [0.4, 0.5) is 0 Å². The molecule has 1 N–H and O–H groups in total. The Labute approximate surface area is 101 Å². The molecule has 0 aliphatic rings. The molecule has 0 aliphatic heterocycles. The van der Waals surface area contributed by atoms with E-state index in [0.717, 1.165) is 6.26 Å². The molecule has 0 amide bonds. The first-order chi connectivity index (χ1) is 7.79. The molecule has 17 heavy (non-hydrogen) atoms. The fraction of sp³-hybridized carbons (Fsp3) is 0.222. The number of carbonyl (C=O) groups excluding carboxylic acids is 1. The van der Waals surface area contributed by atoms with Crippen molar-refractivity contribution in [3.05, 3.63) is 29.8 Å². The molecule has 0 bridgehead atoms. The SMILES string of the molecule is CS(=O)(=O)c1ccc(CC(=O)OS(=O)O)cc1. The molecule has 0 heterocycles. The van der Waals surface area contributed by atoms with E-state index in [-0.39, 0.29) is 11.3 Å². The van der Waals surface area contributed by atoms with Crippen LogP contribution in [-0.4, -0.2) is 29.4 Å². The zero-order chi connectivity index (χ0) is 13.1. The number of hydrogen-bond donors (Lipinski definition) is 1. The zero-order valence-electron chi connectivity index (χ0n) is 8.82. The molecule has 6 nitrogen and oxygen atoms in total. The molecular formula is C9H10O6S2. The minimum atomic E-state index is -3.27. The van der Waals surface area contributed by atoms with Crippen molar-refractivity contribution in [2.45, 2.75) is 11.3 Å². The third-order valence-corrected chi connectivity index (χ3v) is 3.32. The lowest BCUT2D eigenvalue weighted by atomic mass is 10.2. The van der Waals surface area contributed by atoms with Crippen molar-refractivity contribution < 1.29 is 26.2 Å². The van der Waals surface area contributed by atoms with Gasteiger partial charge in [-0.3, -0.25) is 9.35 Å². The first-order valence-electron chi connectivity index (χ1n) is 4.40. The summed E-state index contributed by atoms with van der Waals surface area (Å²) in [4.78, 5) is 11.2. The predicted octanol–water partition coefficient (Wildman–Crippen LogP) is 0.313. The molecule has 0 aliphatic carbocycles. The summed E-state index contributed by atoms with van der Waals surface area (Å²) in [6.07, 6.45) is 0.877. The van der Waals surface area contributed by atoms with E-state index >= 15 is 0 Å². The van der Waals surface area contributed by atoms with Gasteiger partial charge >= 0.3 is 17.3 Å². The number of sulfone groups is 1. The van der Waals surface area contributed by atoms with Crippen LogP contribution in [0.5, 0.6) is 0 Å². The van der Waals surface area contributed by atoms with Gasteiger partial charge in [-0.15, -0.1) is 0 Å². The molecule has 0 saturated carbocycles. The van der Waals surface area contributed by atoms with Crippen molar-refractivity contribution >= 4 is 27.2 Å². The Morgan fingerprint density at radius 2 is 1.88 bits per heavy atom. The molecule has 0 aromatic heterocycles. The summed E-state index contributed by atoms with van der Waals surface area (Å²) in [5.41, 5.74) is 0.493. The fourth-order valence-electron chi connectivity index (χ4n) is 1.13. The maximum atomic E-state index is 11.1. The molecule has 94 valence electrons. The zero-order valence-corrected chi connectivity index (χ0v) is 10.5. The number of rotatable bonds is 4. The third-order valence-electron chi connectivity index (χ3n) is 1.86. The van der Waals surface area contributed by atoms with Gasteiger partial charge in [0.2, 0.25) is 0 Å². The van der Waals surface area contributed by atoms with Crippen LogP contribution in [0.1, 0.15) is 5.56 Å². The molecule has 1 aromatic rings. The van der Waals surface area contributed by atoms with Crippen LogP contribution in [0.2, 0.25) is 0 Å². The van der Waals surface area contributed by atoms with E-state index in [1.165, 1.54) is 24.3 Å². The Morgan fingerprint density at radius 3 is 2.29 bits per heavy atom. The van der Waals surface area contributed by atoms with Crippen LogP contribution in [0.15, 0.2) is 29.2 Å². The van der Waals surface area contributed by atoms with Crippen molar-refractivity contribution in [3.8, 4) is 0 Å². The largest absolute Gasteiger partial charge is 0.360 e. The first-order valence-corrected chi connectivity index (χ1v) is 7.32. The van der Waals surface area contributed by atoms with E-state index in [0.29, 0.717) is 5.56 Å². The monoisotopic (exact) mass is 278 g/mol. The van der Waals surface area contributed by atoms with Crippen LogP contribution < -0.4 is 0 Å². The molecule has 8 heteroatoms. The highest BCUT2D eigenvalue weighted by Gasteiger charge is 2.10. The van der Waals surface area contributed by atoms with Gasteiger partial charge in [-0.1, -0.05) is 12.1 Å². The highest BCUT2D eigenvalue weighted by Crippen LogP contribution is 2.11. The lowest BCUT2D eigenvalue weighted by Crippen LogP contribution is -2.09. The first kappa shape index (κ1) is 13.8. The Morgan fingerprint density at radius 1 is 1.35 bits per heavy atom. The Kier molecular flexibility index (Phi) is 4.38. The van der Waals surface area contributed by atoms with Gasteiger partial charge in [0.25, 0.3) is 0 Å². The summed E-state index contributed by atoms with van der Waals surface area (Å²) < 4.78 is 44.8. The van der Waals surface area contributed by atoms with E-state index in [1.54, 1.807) is 0 Å². The normalized spacial score (nSPS) is 13.1. The third kappa shape index (κ3) is 4.63. The maximum Gasteiger partial charge on any atom is 0.360 e. The Hall–Kier alpha value is -1.25.